The highest BCUT2D eigenvalue weighted by atomic mass is 35.5. The molecule has 0 saturated heterocycles. The first-order valence-corrected chi connectivity index (χ1v) is 8.91. The predicted molar refractivity (Wildman–Crippen MR) is 102 cm³/mol. The molecule has 0 amide bonds. The van der Waals surface area contributed by atoms with Crippen molar-refractivity contribution in [2.45, 2.75) is 13.8 Å². The van der Waals surface area contributed by atoms with Gasteiger partial charge in [0.05, 0.1) is 15.6 Å². The third-order valence-corrected chi connectivity index (χ3v) is 5.72. The van der Waals surface area contributed by atoms with Crippen LogP contribution < -0.4 is 10.1 Å². The van der Waals surface area contributed by atoms with Gasteiger partial charge in [0.15, 0.2) is 4.96 Å². The Morgan fingerprint density at radius 3 is 2.71 bits per heavy atom. The van der Waals surface area contributed by atoms with Gasteiger partial charge in [0.2, 0.25) is 0 Å². The number of aryl methyl sites for hydroxylation is 2. The number of benzene rings is 2. The Hall–Kier alpha value is -1.88. The Labute approximate surface area is 151 Å². The minimum atomic E-state index is -0.0771. The van der Waals surface area contributed by atoms with E-state index in [1.807, 2.05) is 26.0 Å². The van der Waals surface area contributed by atoms with E-state index in [9.17, 15) is 4.79 Å². The first-order valence-electron chi connectivity index (χ1n) is 7.33. The molecule has 0 atom stereocenters. The van der Waals surface area contributed by atoms with Crippen molar-refractivity contribution in [3.8, 4) is 0 Å². The van der Waals surface area contributed by atoms with Crippen LogP contribution in [0.2, 0.25) is 10.0 Å². The molecule has 0 spiro atoms. The predicted octanol–water partition coefficient (Wildman–Crippen LogP) is 4.38. The fourth-order valence-electron chi connectivity index (χ4n) is 2.72. The molecule has 0 aliphatic heterocycles. The van der Waals surface area contributed by atoms with Crippen LogP contribution in [0, 0.1) is 13.8 Å². The van der Waals surface area contributed by atoms with E-state index in [-0.39, 0.29) is 5.56 Å². The van der Waals surface area contributed by atoms with Crippen LogP contribution >= 0.6 is 34.5 Å². The van der Waals surface area contributed by atoms with Crippen molar-refractivity contribution in [3.63, 3.8) is 0 Å². The van der Waals surface area contributed by atoms with Crippen molar-refractivity contribution in [3.05, 3.63) is 72.0 Å². The molecule has 0 fully saturated rings. The molecule has 0 bridgehead atoms. The minimum absolute atomic E-state index is 0.0771. The molecule has 0 saturated carbocycles. The number of nitrogens with zero attached hydrogens (tertiary/aromatic N) is 2. The van der Waals surface area contributed by atoms with Crippen molar-refractivity contribution >= 4 is 56.6 Å². The molecule has 120 valence electrons. The zero-order chi connectivity index (χ0) is 17.0. The molecule has 6 heteroatoms. The van der Waals surface area contributed by atoms with E-state index in [4.69, 9.17) is 23.2 Å². The zero-order valence-electron chi connectivity index (χ0n) is 12.9. The molecule has 0 N–H and O–H groups in total. The van der Waals surface area contributed by atoms with Gasteiger partial charge in [-0.2, -0.15) is 0 Å². The normalized spacial score (nSPS) is 12.6. The molecule has 24 heavy (non-hydrogen) atoms. The van der Waals surface area contributed by atoms with Crippen LogP contribution in [0.1, 0.15) is 16.7 Å². The Morgan fingerprint density at radius 2 is 1.96 bits per heavy atom. The quantitative estimate of drug-likeness (QED) is 0.495. The molecule has 0 aliphatic rings. The smallest absolute Gasteiger partial charge is 0.267 e. The SMILES string of the molecule is Cc1ccc2c(nc3sc(=Cc4ccc(Cl)cc4Cl)c(=O)n32)c1C. The highest BCUT2D eigenvalue weighted by Crippen LogP contribution is 2.23. The van der Waals surface area contributed by atoms with Gasteiger partial charge in [0, 0.05) is 10.0 Å². The lowest BCUT2D eigenvalue weighted by Crippen LogP contribution is -2.22. The van der Waals surface area contributed by atoms with Gasteiger partial charge >= 0.3 is 0 Å². The molecule has 4 aromatic rings. The molecule has 2 aromatic heterocycles. The summed E-state index contributed by atoms with van der Waals surface area (Å²) in [5.41, 5.74) is 4.69. The number of imidazole rings is 1. The number of hydrogen-bond acceptors (Lipinski definition) is 3. The van der Waals surface area contributed by atoms with Crippen molar-refractivity contribution in [2.24, 2.45) is 0 Å². The summed E-state index contributed by atoms with van der Waals surface area (Å²) < 4.78 is 2.27. The van der Waals surface area contributed by atoms with Crippen molar-refractivity contribution in [1.82, 2.24) is 9.38 Å². The molecular weight excluding hydrogens is 363 g/mol. The second-order valence-electron chi connectivity index (χ2n) is 5.69. The largest absolute Gasteiger partial charge is 0.274 e. The van der Waals surface area contributed by atoms with E-state index in [2.05, 4.69) is 4.98 Å². The average molecular weight is 375 g/mol. The maximum atomic E-state index is 12.8. The summed E-state index contributed by atoms with van der Waals surface area (Å²) in [5, 5.41) is 1.08. The summed E-state index contributed by atoms with van der Waals surface area (Å²) in [6.45, 7) is 4.07. The average Bonchev–Trinajstić information content (AvgIpc) is 3.04. The van der Waals surface area contributed by atoms with Gasteiger partial charge in [-0.1, -0.05) is 46.7 Å². The first-order chi connectivity index (χ1) is 11.5. The minimum Gasteiger partial charge on any atom is -0.267 e. The highest BCUT2D eigenvalue weighted by Gasteiger charge is 2.13. The van der Waals surface area contributed by atoms with Gasteiger partial charge in [0.1, 0.15) is 0 Å². The van der Waals surface area contributed by atoms with Crippen molar-refractivity contribution < 1.29 is 0 Å². The van der Waals surface area contributed by atoms with E-state index in [1.54, 1.807) is 28.7 Å². The van der Waals surface area contributed by atoms with E-state index < -0.39 is 0 Å². The molecule has 2 heterocycles. The van der Waals surface area contributed by atoms with Crippen LogP contribution in [0.5, 0.6) is 0 Å². The Bertz CT molecular complexity index is 1220. The van der Waals surface area contributed by atoms with Gasteiger partial charge in [0.25, 0.3) is 5.56 Å². The maximum Gasteiger partial charge on any atom is 0.274 e. The molecule has 0 radical (unpaired) electrons. The summed E-state index contributed by atoms with van der Waals surface area (Å²) in [6, 6.07) is 9.19. The number of thiazole rings is 1. The molecule has 2 aromatic carbocycles. The van der Waals surface area contributed by atoms with Crippen LogP contribution in [-0.4, -0.2) is 9.38 Å². The molecular formula is C18H12Cl2N2OS. The van der Waals surface area contributed by atoms with Gasteiger partial charge in [-0.3, -0.25) is 4.79 Å². The molecule has 0 aliphatic carbocycles. The van der Waals surface area contributed by atoms with E-state index >= 15 is 0 Å². The highest BCUT2D eigenvalue weighted by molar-refractivity contribution is 7.15. The van der Waals surface area contributed by atoms with E-state index in [0.29, 0.717) is 19.5 Å². The van der Waals surface area contributed by atoms with Crippen molar-refractivity contribution in [2.75, 3.05) is 0 Å². The second kappa shape index (κ2) is 5.59. The lowest BCUT2D eigenvalue weighted by Gasteiger charge is -1.99. The zero-order valence-corrected chi connectivity index (χ0v) is 15.3. The topological polar surface area (TPSA) is 34.4 Å². The molecule has 0 unspecified atom stereocenters. The maximum absolute atomic E-state index is 12.8. The van der Waals surface area contributed by atoms with Gasteiger partial charge in [-0.15, -0.1) is 0 Å². The van der Waals surface area contributed by atoms with E-state index in [0.717, 1.165) is 22.2 Å². The van der Waals surface area contributed by atoms with Crippen LogP contribution in [0.15, 0.2) is 35.1 Å². The first kappa shape index (κ1) is 15.6. The van der Waals surface area contributed by atoms with Crippen LogP contribution in [-0.2, 0) is 0 Å². The van der Waals surface area contributed by atoms with E-state index in [1.165, 1.54) is 16.9 Å². The molecule has 3 nitrogen and oxygen atoms in total. The van der Waals surface area contributed by atoms with Crippen LogP contribution in [0.4, 0.5) is 0 Å². The van der Waals surface area contributed by atoms with Gasteiger partial charge in [-0.25, -0.2) is 9.38 Å². The summed E-state index contributed by atoms with van der Waals surface area (Å²) in [5.74, 6) is 0. The molecule has 4 rings (SSSR count). The van der Waals surface area contributed by atoms with Gasteiger partial charge < -0.3 is 0 Å². The summed E-state index contributed by atoms with van der Waals surface area (Å²) in [6.07, 6.45) is 1.78. The summed E-state index contributed by atoms with van der Waals surface area (Å²) >= 11 is 13.5. The standard InChI is InChI=1S/C18H12Cl2N2OS/c1-9-3-6-14-16(10(9)2)21-18-22(14)17(23)15(24-18)7-11-4-5-12(19)8-13(11)20/h3-8H,1-2H3. The number of hydrogen-bond donors (Lipinski definition) is 0. The fraction of sp³-hybridized carbons (Fsp3) is 0.111. The number of aromatic nitrogens is 2. The Morgan fingerprint density at radius 1 is 1.17 bits per heavy atom. The fourth-order valence-corrected chi connectivity index (χ4v) is 4.16. The van der Waals surface area contributed by atoms with Crippen LogP contribution in [0.25, 0.3) is 22.1 Å². The lowest BCUT2D eigenvalue weighted by molar-refractivity contribution is 1.19. The lowest BCUT2D eigenvalue weighted by atomic mass is 10.1. The van der Waals surface area contributed by atoms with Crippen molar-refractivity contribution in [1.29, 1.82) is 0 Å². The Kier molecular flexibility index (Phi) is 3.64. The Balaban J connectivity index is 2.02. The number of fused-ring (bicyclic) bond motifs is 3. The number of halogens is 2. The summed E-state index contributed by atoms with van der Waals surface area (Å²) in [7, 11) is 0. The monoisotopic (exact) mass is 374 g/mol. The third kappa shape index (κ3) is 2.34. The van der Waals surface area contributed by atoms with Crippen LogP contribution in [0.3, 0.4) is 0 Å². The third-order valence-electron chi connectivity index (χ3n) is 4.18. The number of rotatable bonds is 1. The second-order valence-corrected chi connectivity index (χ2v) is 7.54. The van der Waals surface area contributed by atoms with Gasteiger partial charge in [-0.05, 0) is 54.8 Å². The summed E-state index contributed by atoms with van der Waals surface area (Å²) in [4.78, 5) is 18.2.